The number of imidazole rings is 1. The average Bonchev–Trinajstić information content (AvgIpc) is 2.63. The number of nitrogens with zero attached hydrogens (tertiary/aromatic N) is 1. The summed E-state index contributed by atoms with van der Waals surface area (Å²) >= 11 is 5.85. The maximum Gasteiger partial charge on any atom is 0.116 e. The van der Waals surface area contributed by atoms with Crippen molar-refractivity contribution in [2.45, 2.75) is 18.8 Å². The summed E-state index contributed by atoms with van der Waals surface area (Å²) in [5.74, 6) is 0.990. The minimum Gasteiger partial charge on any atom is -0.348 e. The maximum absolute atomic E-state index is 5.85. The van der Waals surface area contributed by atoms with Gasteiger partial charge in [-0.2, -0.15) is 0 Å². The largest absolute Gasteiger partial charge is 0.348 e. The van der Waals surface area contributed by atoms with Crippen LogP contribution in [0.2, 0.25) is 0 Å². The zero-order valence-corrected chi connectivity index (χ0v) is 8.17. The first kappa shape index (κ1) is 8.57. The Kier molecular flexibility index (Phi) is 2.00. The summed E-state index contributed by atoms with van der Waals surface area (Å²) in [6.07, 6.45) is 10.5. The van der Waals surface area contributed by atoms with Crippen molar-refractivity contribution < 1.29 is 0 Å². The third-order valence-corrected chi connectivity index (χ3v) is 2.65. The van der Waals surface area contributed by atoms with Gasteiger partial charge in [-0.1, -0.05) is 23.8 Å². The summed E-state index contributed by atoms with van der Waals surface area (Å²) in [7, 11) is 0. The number of nitrogens with one attached hydrogen (secondary N) is 1. The van der Waals surface area contributed by atoms with E-state index in [9.17, 15) is 0 Å². The molecule has 1 aliphatic carbocycles. The van der Waals surface area contributed by atoms with Crippen LogP contribution in [0.15, 0.2) is 35.7 Å². The molecule has 0 bridgehead atoms. The molecule has 2 nitrogen and oxygen atoms in total. The smallest absolute Gasteiger partial charge is 0.116 e. The predicted molar refractivity (Wildman–Crippen MR) is 53.6 cm³/mol. The topological polar surface area (TPSA) is 28.7 Å². The van der Waals surface area contributed by atoms with Gasteiger partial charge in [-0.15, -0.1) is 0 Å². The molecule has 68 valence electrons. The van der Waals surface area contributed by atoms with Crippen LogP contribution >= 0.6 is 11.6 Å². The van der Waals surface area contributed by atoms with E-state index in [0.717, 1.165) is 17.3 Å². The molecule has 0 saturated carbocycles. The highest BCUT2D eigenvalue weighted by Crippen LogP contribution is 2.31. The maximum atomic E-state index is 5.85. The van der Waals surface area contributed by atoms with Gasteiger partial charge in [0.15, 0.2) is 0 Å². The van der Waals surface area contributed by atoms with E-state index in [4.69, 9.17) is 11.6 Å². The van der Waals surface area contributed by atoms with Gasteiger partial charge in [0.25, 0.3) is 0 Å². The Morgan fingerprint density at radius 2 is 2.46 bits per heavy atom. The molecule has 1 aliphatic rings. The van der Waals surface area contributed by atoms with E-state index in [1.54, 1.807) is 6.20 Å². The lowest BCUT2D eigenvalue weighted by Gasteiger charge is -2.24. The summed E-state index contributed by atoms with van der Waals surface area (Å²) < 4.78 is 0. The number of hydrogen-bond donors (Lipinski definition) is 1. The van der Waals surface area contributed by atoms with Gasteiger partial charge in [-0.3, -0.25) is 0 Å². The standard InChI is InChI=1S/C10H11ClN2/c1-10(9-12-6-7-13-9)4-2-8(11)3-5-10/h2-4,6-7H,5H2,1H3,(H,12,13). The molecule has 1 atom stereocenters. The molecule has 3 heteroatoms. The van der Waals surface area contributed by atoms with Crippen LogP contribution in [0, 0.1) is 0 Å². The van der Waals surface area contributed by atoms with Gasteiger partial charge in [0, 0.05) is 22.8 Å². The summed E-state index contributed by atoms with van der Waals surface area (Å²) in [6.45, 7) is 2.14. The number of H-pyrrole nitrogens is 1. The summed E-state index contributed by atoms with van der Waals surface area (Å²) in [5.41, 5.74) is -0.0259. The first-order chi connectivity index (χ1) is 6.21. The molecule has 13 heavy (non-hydrogen) atoms. The van der Waals surface area contributed by atoms with Crippen LogP contribution in [0.5, 0.6) is 0 Å². The van der Waals surface area contributed by atoms with Crippen molar-refractivity contribution in [3.63, 3.8) is 0 Å². The summed E-state index contributed by atoms with van der Waals surface area (Å²) in [5, 5.41) is 0.809. The van der Waals surface area contributed by atoms with Crippen LogP contribution < -0.4 is 0 Å². The number of rotatable bonds is 1. The zero-order valence-electron chi connectivity index (χ0n) is 7.42. The summed E-state index contributed by atoms with van der Waals surface area (Å²) in [4.78, 5) is 7.39. The highest BCUT2D eigenvalue weighted by atomic mass is 35.5. The van der Waals surface area contributed by atoms with E-state index < -0.39 is 0 Å². The van der Waals surface area contributed by atoms with Gasteiger partial charge in [-0.05, 0) is 19.4 Å². The molecule has 0 aromatic carbocycles. The minimum absolute atomic E-state index is 0.0259. The second kappa shape index (κ2) is 3.04. The van der Waals surface area contributed by atoms with Gasteiger partial charge in [-0.25, -0.2) is 4.98 Å². The van der Waals surface area contributed by atoms with Crippen LogP contribution in [0.3, 0.4) is 0 Å². The first-order valence-electron chi connectivity index (χ1n) is 4.25. The van der Waals surface area contributed by atoms with Crippen molar-refractivity contribution in [3.8, 4) is 0 Å². The van der Waals surface area contributed by atoms with Gasteiger partial charge in [0.1, 0.15) is 5.82 Å². The van der Waals surface area contributed by atoms with E-state index in [1.807, 2.05) is 18.3 Å². The molecule has 1 aromatic rings. The Labute approximate surface area is 82.3 Å². The average molecular weight is 195 g/mol. The molecule has 1 heterocycles. The van der Waals surface area contributed by atoms with Crippen LogP contribution in [-0.2, 0) is 5.41 Å². The molecule has 0 fully saturated rings. The first-order valence-corrected chi connectivity index (χ1v) is 4.63. The fraction of sp³-hybridized carbons (Fsp3) is 0.300. The number of hydrogen-bond acceptors (Lipinski definition) is 1. The Hall–Kier alpha value is -1.02. The second-order valence-electron chi connectivity index (χ2n) is 3.48. The minimum atomic E-state index is -0.0259. The zero-order chi connectivity index (χ0) is 9.31. The van der Waals surface area contributed by atoms with E-state index in [1.165, 1.54) is 0 Å². The van der Waals surface area contributed by atoms with Crippen molar-refractivity contribution >= 4 is 11.6 Å². The predicted octanol–water partition coefficient (Wildman–Crippen LogP) is 2.75. The Bertz CT molecular complexity index is 351. The SMILES string of the molecule is CC1(c2ncc[nH]2)C=CC(Cl)=CC1. The van der Waals surface area contributed by atoms with Crippen molar-refractivity contribution in [2.24, 2.45) is 0 Å². The third-order valence-electron chi connectivity index (χ3n) is 2.37. The van der Waals surface area contributed by atoms with Crippen molar-refractivity contribution in [1.29, 1.82) is 0 Å². The highest BCUT2D eigenvalue weighted by molar-refractivity contribution is 6.31. The lowest BCUT2D eigenvalue weighted by molar-refractivity contribution is 0.562. The quantitative estimate of drug-likeness (QED) is 0.732. The number of allylic oxidation sites excluding steroid dienone is 4. The van der Waals surface area contributed by atoms with Gasteiger partial charge >= 0.3 is 0 Å². The lowest BCUT2D eigenvalue weighted by atomic mass is 9.83. The molecular weight excluding hydrogens is 184 g/mol. The molecule has 1 unspecified atom stereocenters. The number of aromatic amines is 1. The summed E-state index contributed by atoms with van der Waals surface area (Å²) in [6, 6.07) is 0. The molecule has 2 rings (SSSR count). The Morgan fingerprint density at radius 3 is 3.00 bits per heavy atom. The van der Waals surface area contributed by atoms with Crippen molar-refractivity contribution in [2.75, 3.05) is 0 Å². The molecule has 0 amide bonds. The van der Waals surface area contributed by atoms with Crippen LogP contribution in [0.1, 0.15) is 19.2 Å². The van der Waals surface area contributed by atoms with Crippen LogP contribution in [0.25, 0.3) is 0 Å². The molecule has 0 aliphatic heterocycles. The second-order valence-corrected chi connectivity index (χ2v) is 3.92. The fourth-order valence-corrected chi connectivity index (χ4v) is 1.60. The normalized spacial score (nSPS) is 27.4. The molecule has 0 spiro atoms. The number of aromatic nitrogens is 2. The molecular formula is C10H11ClN2. The fourth-order valence-electron chi connectivity index (χ4n) is 1.46. The monoisotopic (exact) mass is 194 g/mol. The van der Waals surface area contributed by atoms with E-state index >= 15 is 0 Å². The van der Waals surface area contributed by atoms with Gasteiger partial charge < -0.3 is 4.98 Å². The van der Waals surface area contributed by atoms with Gasteiger partial charge in [0.2, 0.25) is 0 Å². The molecule has 0 saturated heterocycles. The molecule has 1 aromatic heterocycles. The van der Waals surface area contributed by atoms with E-state index in [2.05, 4.69) is 23.0 Å². The Morgan fingerprint density at radius 1 is 1.62 bits per heavy atom. The number of halogens is 1. The van der Waals surface area contributed by atoms with Crippen LogP contribution in [-0.4, -0.2) is 9.97 Å². The van der Waals surface area contributed by atoms with Gasteiger partial charge in [0.05, 0.1) is 0 Å². The molecule has 1 N–H and O–H groups in total. The van der Waals surface area contributed by atoms with E-state index in [-0.39, 0.29) is 5.41 Å². The highest BCUT2D eigenvalue weighted by Gasteiger charge is 2.26. The Balaban J connectivity index is 2.30. The molecule has 0 radical (unpaired) electrons. The van der Waals surface area contributed by atoms with Crippen molar-refractivity contribution in [3.05, 3.63) is 41.5 Å². The van der Waals surface area contributed by atoms with E-state index in [0.29, 0.717) is 0 Å². The van der Waals surface area contributed by atoms with Crippen molar-refractivity contribution in [1.82, 2.24) is 9.97 Å². The lowest BCUT2D eigenvalue weighted by Crippen LogP contribution is -2.21. The third kappa shape index (κ3) is 1.54. The van der Waals surface area contributed by atoms with Crippen LogP contribution in [0.4, 0.5) is 0 Å².